The van der Waals surface area contributed by atoms with Crippen molar-refractivity contribution < 1.29 is 33.6 Å². The fourth-order valence-electron chi connectivity index (χ4n) is 2.49. The number of rotatable bonds is 6. The number of fused-ring (bicyclic) bond motifs is 1. The van der Waals surface area contributed by atoms with Gasteiger partial charge in [-0.3, -0.25) is 4.79 Å². The summed E-state index contributed by atoms with van der Waals surface area (Å²) in [6, 6.07) is 9.67. The lowest BCUT2D eigenvalue weighted by atomic mass is 10.1. The number of ketones is 1. The molecule has 0 fully saturated rings. The summed E-state index contributed by atoms with van der Waals surface area (Å²) >= 11 is 0. The Balaban J connectivity index is 1.90. The Labute approximate surface area is 149 Å². The fraction of sp³-hybridized carbons (Fsp3) is 0.158. The second-order valence-electron chi connectivity index (χ2n) is 5.37. The van der Waals surface area contributed by atoms with Crippen molar-refractivity contribution in [2.24, 2.45) is 0 Å². The minimum absolute atomic E-state index is 0.114. The van der Waals surface area contributed by atoms with E-state index in [1.54, 1.807) is 31.4 Å². The number of benzene rings is 2. The number of hydrogen-bond donors (Lipinski definition) is 0. The summed E-state index contributed by atoms with van der Waals surface area (Å²) in [7, 11) is 3.07. The van der Waals surface area contributed by atoms with Crippen molar-refractivity contribution in [2.45, 2.75) is 0 Å². The smallest absolute Gasteiger partial charge is 0.231 e. The van der Waals surface area contributed by atoms with Crippen LogP contribution in [0.3, 0.4) is 0 Å². The Hall–Kier alpha value is -3.48. The van der Waals surface area contributed by atoms with Crippen LogP contribution in [0.5, 0.6) is 23.0 Å². The predicted molar refractivity (Wildman–Crippen MR) is 89.4 cm³/mol. The molecule has 2 aromatic rings. The van der Waals surface area contributed by atoms with Gasteiger partial charge in [-0.15, -0.1) is 0 Å². The fourth-order valence-corrected chi connectivity index (χ4v) is 2.49. The predicted octanol–water partition coefficient (Wildman–Crippen LogP) is 1.45. The molecule has 1 aliphatic rings. The third-order valence-corrected chi connectivity index (χ3v) is 3.72. The van der Waals surface area contributed by atoms with Crippen LogP contribution < -0.4 is 24.1 Å². The molecule has 0 radical (unpaired) electrons. The average Bonchev–Trinajstić information content (AvgIpc) is 2.95. The topological polar surface area (TPSA) is 94.1 Å². The Morgan fingerprint density at radius 1 is 1.12 bits per heavy atom. The maximum atomic E-state index is 12.5. The number of ether oxygens (including phenoxy) is 4. The molecular weight excluding hydrogens is 340 g/mol. The Bertz CT molecular complexity index is 899. The molecule has 0 unspecified atom stereocenters. The van der Waals surface area contributed by atoms with Gasteiger partial charge in [0.05, 0.1) is 25.8 Å². The molecule has 1 heterocycles. The van der Waals surface area contributed by atoms with Gasteiger partial charge in [-0.05, 0) is 36.4 Å². The second kappa shape index (κ2) is 7.18. The molecule has 134 valence electrons. The standard InChI is InChI=1S/C19H16O7/c1-23-12-4-6-15(24-2)11(7-12)8-17-19(22)14-5-3-13(9-16(14)26-17)25-10-18(20)21/h3-9H,10H2,1-2H3,(H,20,21)/p-1/b17-8+. The maximum absolute atomic E-state index is 12.5. The molecule has 3 rings (SSSR count). The Morgan fingerprint density at radius 3 is 2.58 bits per heavy atom. The van der Waals surface area contributed by atoms with Crippen molar-refractivity contribution >= 4 is 17.8 Å². The first kappa shape index (κ1) is 17.3. The number of hydrogen-bond acceptors (Lipinski definition) is 7. The van der Waals surface area contributed by atoms with E-state index in [1.165, 1.54) is 25.3 Å². The third-order valence-electron chi connectivity index (χ3n) is 3.72. The van der Waals surface area contributed by atoms with Gasteiger partial charge in [-0.25, -0.2) is 0 Å². The van der Waals surface area contributed by atoms with Crippen molar-refractivity contribution in [1.82, 2.24) is 0 Å². The van der Waals surface area contributed by atoms with Crippen LogP contribution in [0.15, 0.2) is 42.2 Å². The first-order valence-corrected chi connectivity index (χ1v) is 7.65. The van der Waals surface area contributed by atoms with E-state index in [1.807, 2.05) is 0 Å². The summed E-state index contributed by atoms with van der Waals surface area (Å²) < 4.78 is 21.1. The summed E-state index contributed by atoms with van der Waals surface area (Å²) in [5.41, 5.74) is 0.982. The molecule has 1 aliphatic heterocycles. The summed E-state index contributed by atoms with van der Waals surface area (Å²) in [6.45, 7) is -0.587. The van der Waals surface area contributed by atoms with Crippen LogP contribution in [0.2, 0.25) is 0 Å². The lowest BCUT2D eigenvalue weighted by Gasteiger charge is -2.08. The van der Waals surface area contributed by atoms with Gasteiger partial charge in [-0.1, -0.05) is 0 Å². The maximum Gasteiger partial charge on any atom is 0.231 e. The molecule has 26 heavy (non-hydrogen) atoms. The van der Waals surface area contributed by atoms with Gasteiger partial charge in [0.2, 0.25) is 5.78 Å². The number of methoxy groups -OCH3 is 2. The van der Waals surface area contributed by atoms with Crippen LogP contribution in [0.1, 0.15) is 15.9 Å². The van der Waals surface area contributed by atoms with E-state index < -0.39 is 12.6 Å². The van der Waals surface area contributed by atoms with E-state index >= 15 is 0 Å². The van der Waals surface area contributed by atoms with Gasteiger partial charge in [0.25, 0.3) is 0 Å². The van der Waals surface area contributed by atoms with E-state index in [9.17, 15) is 14.7 Å². The molecule has 0 saturated carbocycles. The molecule has 0 spiro atoms. The van der Waals surface area contributed by atoms with Crippen molar-refractivity contribution in [2.75, 3.05) is 20.8 Å². The molecule has 7 heteroatoms. The van der Waals surface area contributed by atoms with Gasteiger partial charge >= 0.3 is 0 Å². The molecule has 0 N–H and O–H groups in total. The molecule has 2 aromatic carbocycles. The quantitative estimate of drug-likeness (QED) is 0.724. The van der Waals surface area contributed by atoms with Crippen molar-refractivity contribution in [3.63, 3.8) is 0 Å². The Morgan fingerprint density at radius 2 is 1.88 bits per heavy atom. The number of carbonyl (C=O) groups excluding carboxylic acids is 2. The second-order valence-corrected chi connectivity index (χ2v) is 5.37. The van der Waals surface area contributed by atoms with Gasteiger partial charge in [-0.2, -0.15) is 0 Å². The largest absolute Gasteiger partial charge is 0.546 e. The zero-order chi connectivity index (χ0) is 18.7. The average molecular weight is 355 g/mol. The van der Waals surface area contributed by atoms with Gasteiger partial charge < -0.3 is 28.8 Å². The summed E-state index contributed by atoms with van der Waals surface area (Å²) in [5.74, 6) is 0.204. The van der Waals surface area contributed by atoms with Gasteiger partial charge in [0.1, 0.15) is 29.6 Å². The highest BCUT2D eigenvalue weighted by atomic mass is 16.5. The zero-order valence-corrected chi connectivity index (χ0v) is 14.1. The minimum Gasteiger partial charge on any atom is -0.546 e. The SMILES string of the molecule is COc1ccc(OC)c(/C=C2/Oc3cc(OCC(=O)[O-])ccc3C2=O)c1. The number of Topliss-reactive ketones (excluding diaryl/α,β-unsaturated/α-hetero) is 1. The highest BCUT2D eigenvalue weighted by Gasteiger charge is 2.28. The van der Waals surface area contributed by atoms with Crippen LogP contribution in [0.4, 0.5) is 0 Å². The zero-order valence-electron chi connectivity index (χ0n) is 14.1. The van der Waals surface area contributed by atoms with Crippen LogP contribution in [-0.4, -0.2) is 32.6 Å². The third kappa shape index (κ3) is 3.46. The van der Waals surface area contributed by atoms with Crippen LogP contribution in [0, 0.1) is 0 Å². The molecule has 0 aliphatic carbocycles. The summed E-state index contributed by atoms with van der Waals surface area (Å²) in [4.78, 5) is 23.0. The number of aliphatic carboxylic acids is 1. The first-order valence-electron chi connectivity index (χ1n) is 7.65. The molecule has 0 atom stereocenters. The van der Waals surface area contributed by atoms with Gasteiger partial charge in [0, 0.05) is 11.6 Å². The van der Waals surface area contributed by atoms with Crippen molar-refractivity contribution in [3.8, 4) is 23.0 Å². The van der Waals surface area contributed by atoms with Crippen LogP contribution >= 0.6 is 0 Å². The molecule has 0 bridgehead atoms. The summed E-state index contributed by atoms with van der Waals surface area (Å²) in [6.07, 6.45) is 1.56. The Kier molecular flexibility index (Phi) is 4.79. The van der Waals surface area contributed by atoms with Crippen LogP contribution in [-0.2, 0) is 4.79 Å². The van der Waals surface area contributed by atoms with Crippen molar-refractivity contribution in [1.29, 1.82) is 0 Å². The van der Waals surface area contributed by atoms with Crippen LogP contribution in [0.25, 0.3) is 6.08 Å². The highest BCUT2D eigenvalue weighted by molar-refractivity contribution is 6.14. The van der Waals surface area contributed by atoms with E-state index in [2.05, 4.69) is 0 Å². The molecule has 0 amide bonds. The number of carbonyl (C=O) groups is 2. The highest BCUT2D eigenvalue weighted by Crippen LogP contribution is 2.36. The molecular formula is C19H15O7-. The molecule has 0 aromatic heterocycles. The molecule has 7 nitrogen and oxygen atoms in total. The van der Waals surface area contributed by atoms with E-state index in [0.29, 0.717) is 28.4 Å². The lowest BCUT2D eigenvalue weighted by molar-refractivity contribution is -0.307. The van der Waals surface area contributed by atoms with E-state index in [-0.39, 0.29) is 17.3 Å². The summed E-state index contributed by atoms with van der Waals surface area (Å²) in [5, 5.41) is 10.5. The number of carboxylic acid groups (broad SMARTS) is 1. The minimum atomic E-state index is -1.34. The monoisotopic (exact) mass is 355 g/mol. The normalized spacial score (nSPS) is 13.9. The first-order chi connectivity index (χ1) is 12.5. The van der Waals surface area contributed by atoms with Crippen molar-refractivity contribution in [3.05, 3.63) is 53.3 Å². The number of carboxylic acids is 1. The lowest BCUT2D eigenvalue weighted by Crippen LogP contribution is -2.28. The van der Waals surface area contributed by atoms with Gasteiger partial charge in [0.15, 0.2) is 5.76 Å². The number of allylic oxidation sites excluding steroid dienone is 1. The van der Waals surface area contributed by atoms with E-state index in [0.717, 1.165) is 0 Å². The molecule has 0 saturated heterocycles. The van der Waals surface area contributed by atoms with E-state index in [4.69, 9.17) is 18.9 Å².